The molecule has 3 aromatic rings. The van der Waals surface area contributed by atoms with E-state index in [9.17, 15) is 9.59 Å². The fraction of sp³-hybridized carbons (Fsp3) is 0.308. The third kappa shape index (κ3) is 5.23. The Kier molecular flexibility index (Phi) is 6.82. The molecule has 1 aromatic heterocycles. The number of furan rings is 1. The molecule has 1 aliphatic rings. The highest BCUT2D eigenvalue weighted by molar-refractivity contribution is 5.94. The molecule has 1 fully saturated rings. The van der Waals surface area contributed by atoms with Crippen molar-refractivity contribution in [2.24, 2.45) is 5.92 Å². The summed E-state index contributed by atoms with van der Waals surface area (Å²) in [7, 11) is 0. The Morgan fingerprint density at radius 2 is 1.68 bits per heavy atom. The molecule has 2 amide bonds. The third-order valence-corrected chi connectivity index (χ3v) is 5.98. The van der Waals surface area contributed by atoms with Gasteiger partial charge in [0.25, 0.3) is 5.91 Å². The van der Waals surface area contributed by atoms with Gasteiger partial charge in [-0.15, -0.1) is 0 Å². The molecule has 31 heavy (non-hydrogen) atoms. The number of nitrogens with one attached hydrogen (secondary N) is 1. The fourth-order valence-electron chi connectivity index (χ4n) is 4.32. The first-order chi connectivity index (χ1) is 15.2. The SMILES string of the molecule is O=C(NCCC(c1ccccc1)c1ccccc1)C1CCCN(C(=O)c2ccoc2)C1. The summed E-state index contributed by atoms with van der Waals surface area (Å²) in [6.07, 6.45) is 5.42. The van der Waals surface area contributed by atoms with E-state index >= 15 is 0 Å². The van der Waals surface area contributed by atoms with Gasteiger partial charge in [0.05, 0.1) is 17.7 Å². The van der Waals surface area contributed by atoms with Crippen LogP contribution in [0.4, 0.5) is 0 Å². The Balaban J connectivity index is 1.34. The minimum Gasteiger partial charge on any atom is -0.472 e. The first kappa shape index (κ1) is 20.9. The molecule has 1 unspecified atom stereocenters. The second-order valence-electron chi connectivity index (χ2n) is 8.06. The van der Waals surface area contributed by atoms with E-state index in [0.717, 1.165) is 19.3 Å². The van der Waals surface area contributed by atoms with Crippen molar-refractivity contribution in [1.82, 2.24) is 10.2 Å². The van der Waals surface area contributed by atoms with E-state index in [1.165, 1.54) is 23.7 Å². The van der Waals surface area contributed by atoms with Gasteiger partial charge in [0.2, 0.25) is 5.91 Å². The molecule has 4 rings (SSSR count). The predicted molar refractivity (Wildman–Crippen MR) is 120 cm³/mol. The standard InChI is InChI=1S/C26H28N2O3/c29-25(22-12-7-16-28(18-22)26(30)23-14-17-31-19-23)27-15-13-24(20-8-3-1-4-9-20)21-10-5-2-6-11-21/h1-6,8-11,14,17,19,22,24H,7,12-13,15-16,18H2,(H,27,29). The van der Waals surface area contributed by atoms with Crippen molar-refractivity contribution in [3.05, 3.63) is 95.9 Å². The lowest BCUT2D eigenvalue weighted by atomic mass is 9.88. The average Bonchev–Trinajstić information content (AvgIpc) is 3.37. The Morgan fingerprint density at radius 3 is 2.29 bits per heavy atom. The van der Waals surface area contributed by atoms with Gasteiger partial charge < -0.3 is 14.6 Å². The van der Waals surface area contributed by atoms with Crippen molar-refractivity contribution in [3.63, 3.8) is 0 Å². The average molecular weight is 417 g/mol. The summed E-state index contributed by atoms with van der Waals surface area (Å²) in [5, 5.41) is 3.12. The van der Waals surface area contributed by atoms with E-state index in [1.807, 2.05) is 12.1 Å². The van der Waals surface area contributed by atoms with Crippen LogP contribution in [0.5, 0.6) is 0 Å². The molecule has 160 valence electrons. The van der Waals surface area contributed by atoms with Gasteiger partial charge in [-0.1, -0.05) is 60.7 Å². The van der Waals surface area contributed by atoms with Crippen molar-refractivity contribution < 1.29 is 14.0 Å². The Morgan fingerprint density at radius 1 is 1.00 bits per heavy atom. The number of hydrogen-bond donors (Lipinski definition) is 1. The monoisotopic (exact) mass is 416 g/mol. The van der Waals surface area contributed by atoms with Gasteiger partial charge in [0.1, 0.15) is 6.26 Å². The zero-order chi connectivity index (χ0) is 21.5. The number of amides is 2. The molecule has 1 saturated heterocycles. The second kappa shape index (κ2) is 10.1. The van der Waals surface area contributed by atoms with E-state index in [1.54, 1.807) is 11.0 Å². The zero-order valence-electron chi connectivity index (χ0n) is 17.6. The molecular weight excluding hydrogens is 388 g/mol. The van der Waals surface area contributed by atoms with Crippen molar-refractivity contribution in [2.45, 2.75) is 25.2 Å². The highest BCUT2D eigenvalue weighted by atomic mass is 16.3. The number of rotatable bonds is 7. The van der Waals surface area contributed by atoms with Crippen LogP contribution in [0.2, 0.25) is 0 Å². The van der Waals surface area contributed by atoms with Crippen LogP contribution in [0.25, 0.3) is 0 Å². The van der Waals surface area contributed by atoms with Gasteiger partial charge in [-0.05, 0) is 36.5 Å². The highest BCUT2D eigenvalue weighted by Gasteiger charge is 2.29. The normalized spacial score (nSPS) is 16.3. The summed E-state index contributed by atoms with van der Waals surface area (Å²) in [5.74, 6) is 0.0220. The number of hydrogen-bond acceptors (Lipinski definition) is 3. The van der Waals surface area contributed by atoms with Gasteiger partial charge in [-0.3, -0.25) is 9.59 Å². The molecule has 1 aliphatic heterocycles. The molecule has 2 aromatic carbocycles. The van der Waals surface area contributed by atoms with Crippen molar-refractivity contribution in [2.75, 3.05) is 19.6 Å². The quantitative estimate of drug-likeness (QED) is 0.618. The number of benzene rings is 2. The lowest BCUT2D eigenvalue weighted by Crippen LogP contribution is -2.45. The van der Waals surface area contributed by atoms with E-state index in [4.69, 9.17) is 4.42 Å². The maximum absolute atomic E-state index is 12.8. The minimum atomic E-state index is -0.170. The van der Waals surface area contributed by atoms with Crippen molar-refractivity contribution >= 4 is 11.8 Å². The maximum atomic E-state index is 12.8. The van der Waals surface area contributed by atoms with Gasteiger partial charge in [-0.2, -0.15) is 0 Å². The van der Waals surface area contributed by atoms with Gasteiger partial charge in [0, 0.05) is 25.6 Å². The van der Waals surface area contributed by atoms with Crippen LogP contribution in [0.15, 0.2) is 83.7 Å². The van der Waals surface area contributed by atoms with Crippen LogP contribution in [-0.4, -0.2) is 36.3 Å². The largest absolute Gasteiger partial charge is 0.472 e. The van der Waals surface area contributed by atoms with E-state index in [2.05, 4.69) is 53.8 Å². The molecule has 2 heterocycles. The van der Waals surface area contributed by atoms with E-state index < -0.39 is 0 Å². The molecule has 0 aliphatic carbocycles. The summed E-state index contributed by atoms with van der Waals surface area (Å²) in [6.45, 7) is 1.73. The first-order valence-corrected chi connectivity index (χ1v) is 10.9. The molecule has 1 N–H and O–H groups in total. The van der Waals surface area contributed by atoms with Gasteiger partial charge >= 0.3 is 0 Å². The lowest BCUT2D eigenvalue weighted by molar-refractivity contribution is -0.126. The molecule has 5 nitrogen and oxygen atoms in total. The fourth-order valence-corrected chi connectivity index (χ4v) is 4.32. The van der Waals surface area contributed by atoms with Gasteiger partial charge in [-0.25, -0.2) is 0 Å². The topological polar surface area (TPSA) is 62.6 Å². The number of piperidine rings is 1. The highest BCUT2D eigenvalue weighted by Crippen LogP contribution is 2.27. The summed E-state index contributed by atoms with van der Waals surface area (Å²) in [4.78, 5) is 27.2. The number of carbonyl (C=O) groups is 2. The zero-order valence-corrected chi connectivity index (χ0v) is 17.6. The van der Waals surface area contributed by atoms with Crippen molar-refractivity contribution in [3.8, 4) is 0 Å². The molecule has 1 atom stereocenters. The number of nitrogens with zero attached hydrogens (tertiary/aromatic N) is 1. The van der Waals surface area contributed by atoms with Crippen LogP contribution >= 0.6 is 0 Å². The van der Waals surface area contributed by atoms with Crippen LogP contribution in [0.3, 0.4) is 0 Å². The lowest BCUT2D eigenvalue weighted by Gasteiger charge is -2.32. The maximum Gasteiger partial charge on any atom is 0.257 e. The molecule has 0 radical (unpaired) electrons. The van der Waals surface area contributed by atoms with Crippen LogP contribution in [0.1, 0.15) is 46.7 Å². The minimum absolute atomic E-state index is 0.0320. The number of likely N-dealkylation sites (tertiary alicyclic amines) is 1. The summed E-state index contributed by atoms with van der Waals surface area (Å²) >= 11 is 0. The van der Waals surface area contributed by atoms with Crippen LogP contribution < -0.4 is 5.32 Å². The molecule has 5 heteroatoms. The molecule has 0 bridgehead atoms. The molecule has 0 saturated carbocycles. The third-order valence-electron chi connectivity index (χ3n) is 5.98. The molecular formula is C26H28N2O3. The van der Waals surface area contributed by atoms with E-state index in [0.29, 0.717) is 25.2 Å². The van der Waals surface area contributed by atoms with Crippen molar-refractivity contribution in [1.29, 1.82) is 0 Å². The smallest absolute Gasteiger partial charge is 0.257 e. The van der Waals surface area contributed by atoms with Crippen LogP contribution in [-0.2, 0) is 4.79 Å². The van der Waals surface area contributed by atoms with Gasteiger partial charge in [0.15, 0.2) is 0 Å². The Hall–Kier alpha value is -3.34. The van der Waals surface area contributed by atoms with Crippen LogP contribution in [0, 0.1) is 5.92 Å². The molecule has 0 spiro atoms. The first-order valence-electron chi connectivity index (χ1n) is 10.9. The van der Waals surface area contributed by atoms with E-state index in [-0.39, 0.29) is 23.7 Å². The summed E-state index contributed by atoms with van der Waals surface area (Å²) < 4.78 is 5.02. The Labute approximate surface area is 183 Å². The Bertz CT molecular complexity index is 931. The summed E-state index contributed by atoms with van der Waals surface area (Å²) in [5.41, 5.74) is 3.03. The summed E-state index contributed by atoms with van der Waals surface area (Å²) in [6, 6.07) is 22.5. The predicted octanol–water partition coefficient (Wildman–Crippen LogP) is 4.47. The number of carbonyl (C=O) groups excluding carboxylic acids is 2. The second-order valence-corrected chi connectivity index (χ2v) is 8.06.